The molecule has 27 heavy (non-hydrogen) atoms. The molecule has 0 radical (unpaired) electrons. The number of para-hydroxylation sites is 1. The lowest BCUT2D eigenvalue weighted by molar-refractivity contribution is -0.115. The van der Waals surface area contributed by atoms with Gasteiger partial charge < -0.3 is 16.0 Å². The van der Waals surface area contributed by atoms with Crippen LogP contribution in [0.4, 0.5) is 16.2 Å². The molecule has 0 aliphatic rings. The molecule has 0 spiro atoms. The molecule has 1 heterocycles. The molecule has 0 unspecified atom stereocenters. The molecule has 3 N–H and O–H groups in total. The van der Waals surface area contributed by atoms with E-state index >= 15 is 0 Å². The summed E-state index contributed by atoms with van der Waals surface area (Å²) in [5, 5.41) is 9.11. The predicted octanol–water partition coefficient (Wildman–Crippen LogP) is 3.92. The topological polar surface area (TPSA) is 83.1 Å². The average molecular weight is 362 g/mol. The van der Waals surface area contributed by atoms with Gasteiger partial charge in [0.05, 0.1) is 17.7 Å². The van der Waals surface area contributed by atoms with Gasteiger partial charge in [-0.05, 0) is 44.0 Å². The van der Waals surface area contributed by atoms with Gasteiger partial charge in [0, 0.05) is 17.3 Å². The van der Waals surface area contributed by atoms with Gasteiger partial charge in [-0.25, -0.2) is 4.79 Å². The van der Waals surface area contributed by atoms with E-state index in [0.29, 0.717) is 11.2 Å². The van der Waals surface area contributed by atoms with Crippen molar-refractivity contribution in [2.24, 2.45) is 0 Å². The lowest BCUT2D eigenvalue weighted by Gasteiger charge is -2.13. The highest BCUT2D eigenvalue weighted by molar-refractivity contribution is 6.01. The Labute approximate surface area is 158 Å². The van der Waals surface area contributed by atoms with Crippen LogP contribution in [0.15, 0.2) is 48.7 Å². The Kier molecular flexibility index (Phi) is 5.35. The number of urea groups is 1. The Bertz CT molecular complexity index is 986. The van der Waals surface area contributed by atoms with Gasteiger partial charge in [0.25, 0.3) is 0 Å². The largest absolute Gasteiger partial charge is 0.329 e. The molecule has 2 aromatic carbocycles. The van der Waals surface area contributed by atoms with Crippen molar-refractivity contribution in [2.45, 2.75) is 20.8 Å². The van der Waals surface area contributed by atoms with Crippen LogP contribution in [-0.2, 0) is 4.79 Å². The van der Waals surface area contributed by atoms with E-state index in [2.05, 4.69) is 20.9 Å². The summed E-state index contributed by atoms with van der Waals surface area (Å²) in [6.45, 7) is 5.78. The number of carbonyl (C=O) groups excluding carboxylic acids is 2. The van der Waals surface area contributed by atoms with Crippen LogP contribution in [0.1, 0.15) is 16.7 Å². The van der Waals surface area contributed by atoms with E-state index in [0.717, 1.165) is 27.8 Å². The van der Waals surface area contributed by atoms with Crippen molar-refractivity contribution in [3.63, 3.8) is 0 Å². The van der Waals surface area contributed by atoms with Crippen molar-refractivity contribution in [3.05, 3.63) is 65.4 Å². The summed E-state index contributed by atoms with van der Waals surface area (Å²) in [6, 6.07) is 12.9. The summed E-state index contributed by atoms with van der Waals surface area (Å²) in [4.78, 5) is 28.7. The number of amides is 3. The monoisotopic (exact) mass is 362 g/mol. The highest BCUT2D eigenvalue weighted by Crippen LogP contribution is 2.22. The molecule has 3 rings (SSSR count). The number of rotatable bonds is 4. The first-order valence-electron chi connectivity index (χ1n) is 8.70. The standard InChI is InChI=1S/C21H22N4O2/c1-13-10-14(2)19(15(3)11-13)25-18(26)12-23-21(27)24-17-8-4-6-16-7-5-9-22-20(16)17/h4-11H,12H2,1-3H3,(H,25,26)(H2,23,24,27). The number of aryl methyl sites for hydroxylation is 3. The smallest absolute Gasteiger partial charge is 0.319 e. The first-order valence-corrected chi connectivity index (χ1v) is 8.70. The SMILES string of the molecule is Cc1cc(C)c(NC(=O)CNC(=O)Nc2cccc3cccnc23)c(C)c1. The van der Waals surface area contributed by atoms with Crippen molar-refractivity contribution >= 4 is 34.2 Å². The van der Waals surface area contributed by atoms with Gasteiger partial charge in [-0.1, -0.05) is 35.9 Å². The van der Waals surface area contributed by atoms with Gasteiger partial charge in [0.15, 0.2) is 0 Å². The van der Waals surface area contributed by atoms with Gasteiger partial charge >= 0.3 is 6.03 Å². The maximum Gasteiger partial charge on any atom is 0.319 e. The van der Waals surface area contributed by atoms with E-state index in [9.17, 15) is 9.59 Å². The number of fused-ring (bicyclic) bond motifs is 1. The molecule has 0 aliphatic heterocycles. The van der Waals surface area contributed by atoms with Crippen LogP contribution in [0.2, 0.25) is 0 Å². The number of hydrogen-bond acceptors (Lipinski definition) is 3. The molecule has 0 saturated carbocycles. The third-order valence-electron chi connectivity index (χ3n) is 4.23. The molecule has 6 heteroatoms. The van der Waals surface area contributed by atoms with Gasteiger partial charge in [-0.2, -0.15) is 0 Å². The summed E-state index contributed by atoms with van der Waals surface area (Å²) in [5.41, 5.74) is 5.20. The number of nitrogens with one attached hydrogen (secondary N) is 3. The van der Waals surface area contributed by atoms with Gasteiger partial charge in [0.1, 0.15) is 0 Å². The lowest BCUT2D eigenvalue weighted by Crippen LogP contribution is -2.36. The first-order chi connectivity index (χ1) is 12.9. The molecule has 6 nitrogen and oxygen atoms in total. The molecular formula is C21H22N4O2. The molecule has 3 amide bonds. The van der Waals surface area contributed by atoms with Gasteiger partial charge in [0.2, 0.25) is 5.91 Å². The van der Waals surface area contributed by atoms with E-state index in [-0.39, 0.29) is 12.5 Å². The zero-order valence-electron chi connectivity index (χ0n) is 15.6. The molecule has 0 atom stereocenters. The highest BCUT2D eigenvalue weighted by atomic mass is 16.2. The number of aromatic nitrogens is 1. The van der Waals surface area contributed by atoms with Crippen LogP contribution in [0.3, 0.4) is 0 Å². The summed E-state index contributed by atoms with van der Waals surface area (Å²) < 4.78 is 0. The fourth-order valence-electron chi connectivity index (χ4n) is 3.09. The third-order valence-corrected chi connectivity index (χ3v) is 4.23. The first kappa shape index (κ1) is 18.4. The summed E-state index contributed by atoms with van der Waals surface area (Å²) >= 11 is 0. The minimum atomic E-state index is -0.458. The number of hydrogen-bond donors (Lipinski definition) is 3. The Balaban J connectivity index is 1.60. The maximum absolute atomic E-state index is 12.2. The minimum Gasteiger partial charge on any atom is -0.329 e. The van der Waals surface area contributed by atoms with E-state index in [1.54, 1.807) is 12.3 Å². The highest BCUT2D eigenvalue weighted by Gasteiger charge is 2.11. The maximum atomic E-state index is 12.2. The van der Waals surface area contributed by atoms with E-state index in [1.165, 1.54) is 0 Å². The Morgan fingerprint density at radius 2 is 1.67 bits per heavy atom. The van der Waals surface area contributed by atoms with Crippen LogP contribution < -0.4 is 16.0 Å². The summed E-state index contributed by atoms with van der Waals surface area (Å²) in [7, 11) is 0. The van der Waals surface area contributed by atoms with Crippen molar-refractivity contribution in [3.8, 4) is 0 Å². The Morgan fingerprint density at radius 1 is 0.963 bits per heavy atom. The van der Waals surface area contributed by atoms with Crippen molar-refractivity contribution in [2.75, 3.05) is 17.2 Å². The number of nitrogens with zero attached hydrogens (tertiary/aromatic N) is 1. The number of pyridine rings is 1. The third kappa shape index (κ3) is 4.41. The van der Waals surface area contributed by atoms with Gasteiger partial charge in [-0.3, -0.25) is 9.78 Å². The fourth-order valence-corrected chi connectivity index (χ4v) is 3.09. The summed E-state index contributed by atoms with van der Waals surface area (Å²) in [6.07, 6.45) is 1.67. The number of anilines is 2. The molecule has 0 aliphatic carbocycles. The second-order valence-electron chi connectivity index (χ2n) is 6.51. The second-order valence-corrected chi connectivity index (χ2v) is 6.51. The zero-order valence-corrected chi connectivity index (χ0v) is 15.6. The van der Waals surface area contributed by atoms with Crippen LogP contribution in [0.5, 0.6) is 0 Å². The lowest BCUT2D eigenvalue weighted by atomic mass is 10.1. The minimum absolute atomic E-state index is 0.128. The Hall–Kier alpha value is -3.41. The fraction of sp³-hybridized carbons (Fsp3) is 0.190. The number of benzene rings is 2. The van der Waals surface area contributed by atoms with Crippen molar-refractivity contribution in [1.29, 1.82) is 0 Å². The molecule has 3 aromatic rings. The summed E-state index contributed by atoms with van der Waals surface area (Å²) in [5.74, 6) is -0.281. The second kappa shape index (κ2) is 7.86. The normalized spacial score (nSPS) is 10.5. The van der Waals surface area contributed by atoms with Gasteiger partial charge in [-0.15, -0.1) is 0 Å². The zero-order chi connectivity index (χ0) is 19.4. The van der Waals surface area contributed by atoms with Crippen molar-refractivity contribution in [1.82, 2.24) is 10.3 Å². The van der Waals surface area contributed by atoms with Crippen LogP contribution in [-0.4, -0.2) is 23.5 Å². The predicted molar refractivity (Wildman–Crippen MR) is 108 cm³/mol. The molecule has 1 aromatic heterocycles. The molecular weight excluding hydrogens is 340 g/mol. The van der Waals surface area contributed by atoms with Crippen molar-refractivity contribution < 1.29 is 9.59 Å². The molecule has 0 saturated heterocycles. The Morgan fingerprint density at radius 3 is 2.41 bits per heavy atom. The molecule has 0 fully saturated rings. The van der Waals surface area contributed by atoms with E-state index in [4.69, 9.17) is 0 Å². The number of carbonyl (C=O) groups is 2. The van der Waals surface area contributed by atoms with Crippen LogP contribution in [0.25, 0.3) is 10.9 Å². The van der Waals surface area contributed by atoms with Crippen LogP contribution >= 0.6 is 0 Å². The quantitative estimate of drug-likeness (QED) is 0.658. The molecule has 138 valence electrons. The van der Waals surface area contributed by atoms with E-state index < -0.39 is 6.03 Å². The average Bonchev–Trinajstić information content (AvgIpc) is 2.63. The molecule has 0 bridgehead atoms. The van der Waals surface area contributed by atoms with Crippen LogP contribution in [0, 0.1) is 20.8 Å². The van der Waals surface area contributed by atoms with E-state index in [1.807, 2.05) is 57.2 Å².